The third-order valence-corrected chi connectivity index (χ3v) is 15.6. The van der Waals surface area contributed by atoms with Gasteiger partial charge in [-0.2, -0.15) is 0 Å². The maximum absolute atomic E-state index is 2.71. The fourth-order valence-corrected chi connectivity index (χ4v) is 12.6. The zero-order valence-corrected chi connectivity index (χ0v) is 34.2. The number of hydrogen-bond acceptors (Lipinski definition) is 2. The second kappa shape index (κ2) is 15.5. The Morgan fingerprint density at radius 3 is 1.18 bits per heavy atom. The molecule has 0 atom stereocenters. The van der Waals surface area contributed by atoms with Gasteiger partial charge in [-0.05, 0) is 162 Å². The van der Waals surface area contributed by atoms with E-state index in [0.29, 0.717) is 23.7 Å². The van der Waals surface area contributed by atoms with Crippen molar-refractivity contribution in [2.75, 3.05) is 9.80 Å². The number of anilines is 6. The summed E-state index contributed by atoms with van der Waals surface area (Å²) in [5, 5.41) is 0. The van der Waals surface area contributed by atoms with Crippen molar-refractivity contribution >= 4 is 57.2 Å². The van der Waals surface area contributed by atoms with Gasteiger partial charge in [-0.25, -0.2) is 0 Å². The summed E-state index contributed by atoms with van der Waals surface area (Å²) < 4.78 is 0. The van der Waals surface area contributed by atoms with Crippen molar-refractivity contribution in [1.82, 2.24) is 0 Å². The monoisotopic (exact) mass is 748 g/mol. The zero-order valence-electron chi connectivity index (χ0n) is 34.2. The van der Waals surface area contributed by atoms with Gasteiger partial charge in [-0.1, -0.05) is 132 Å². The van der Waals surface area contributed by atoms with Crippen molar-refractivity contribution in [2.24, 2.45) is 0 Å². The van der Waals surface area contributed by atoms with Crippen LogP contribution in [-0.2, 0) is 0 Å². The van der Waals surface area contributed by atoms with Gasteiger partial charge < -0.3 is 9.80 Å². The summed E-state index contributed by atoms with van der Waals surface area (Å²) >= 11 is 0. The van der Waals surface area contributed by atoms with E-state index in [0.717, 1.165) is 0 Å². The minimum absolute atomic E-state index is 0.199. The van der Waals surface area contributed by atoms with Crippen molar-refractivity contribution in [3.8, 4) is 0 Å². The van der Waals surface area contributed by atoms with Crippen LogP contribution in [0.25, 0.3) is 0 Å². The smallest absolute Gasteiger partial charge is 0.252 e. The van der Waals surface area contributed by atoms with Crippen molar-refractivity contribution in [1.29, 1.82) is 0 Å². The Hall–Kier alpha value is -4.24. The lowest BCUT2D eigenvalue weighted by Crippen LogP contribution is -2.61. The second-order valence-corrected chi connectivity index (χ2v) is 19.0. The Kier molecular flexibility index (Phi) is 9.76. The molecule has 6 aliphatic rings. The number of fused-ring (bicyclic) bond motifs is 4. The molecule has 5 aromatic rings. The van der Waals surface area contributed by atoms with Gasteiger partial charge in [0.05, 0.1) is 0 Å². The first kappa shape index (κ1) is 35.9. The van der Waals surface area contributed by atoms with Crippen LogP contribution >= 0.6 is 0 Å². The minimum Gasteiger partial charge on any atom is -0.311 e. The largest absolute Gasteiger partial charge is 0.311 e. The molecule has 0 amide bonds. The molecule has 4 fully saturated rings. The van der Waals surface area contributed by atoms with Gasteiger partial charge in [0.2, 0.25) is 0 Å². The van der Waals surface area contributed by atoms with Gasteiger partial charge in [-0.15, -0.1) is 0 Å². The number of para-hydroxylation sites is 1. The highest BCUT2D eigenvalue weighted by Crippen LogP contribution is 2.48. The molecule has 3 heteroatoms. The van der Waals surface area contributed by atoms with Crippen molar-refractivity contribution < 1.29 is 0 Å². The molecule has 2 nitrogen and oxygen atoms in total. The molecule has 290 valence electrons. The highest BCUT2D eigenvalue weighted by molar-refractivity contribution is 7.00. The van der Waals surface area contributed by atoms with E-state index in [1.165, 1.54) is 184 Å². The van der Waals surface area contributed by atoms with Crippen LogP contribution in [0.15, 0.2) is 103 Å². The Balaban J connectivity index is 1.16. The molecule has 0 spiro atoms. The Labute approximate surface area is 343 Å². The van der Waals surface area contributed by atoms with E-state index < -0.39 is 0 Å². The summed E-state index contributed by atoms with van der Waals surface area (Å²) in [6, 6.07) is 42.2. The third kappa shape index (κ3) is 6.56. The SMILES string of the molecule is c1ccc(N2c3ccc(C4CCCCC4)cc3B3c4cc(C5CCCCC5)ccc4N(c4ccc(C5CCCCC5)cc4)c4cc(C5CCCCC5)cc2c43)cc1. The van der Waals surface area contributed by atoms with Crippen molar-refractivity contribution in [3.63, 3.8) is 0 Å². The molecule has 0 saturated heterocycles. The molecule has 4 saturated carbocycles. The van der Waals surface area contributed by atoms with Gasteiger partial charge in [0.1, 0.15) is 0 Å². The summed E-state index contributed by atoms with van der Waals surface area (Å²) in [5.41, 5.74) is 18.9. The first-order chi connectivity index (χ1) is 28.3. The molecule has 0 unspecified atom stereocenters. The van der Waals surface area contributed by atoms with E-state index in [4.69, 9.17) is 0 Å². The van der Waals surface area contributed by atoms with Gasteiger partial charge in [0.25, 0.3) is 6.71 Å². The normalized spacial score (nSPS) is 20.6. The standard InChI is InChI=1S/C54H61BN2/c1-6-16-38(17-7-1)42-26-30-47(31-27-42)57-51-33-29-44(40-20-10-3-11-21-40)35-49(51)55-48-34-43(39-18-8-2-9-19-39)28-32-50(48)56(46-24-14-5-15-25-46)52-36-45(37-53(57)54(52)55)41-22-12-4-13-23-41/h5,14-15,24-41H,1-4,6-13,16-23H2. The summed E-state index contributed by atoms with van der Waals surface area (Å²) in [6.45, 7) is 0.199. The van der Waals surface area contributed by atoms with Crippen LogP contribution in [-0.4, -0.2) is 6.71 Å². The van der Waals surface area contributed by atoms with Gasteiger partial charge in [-0.3, -0.25) is 0 Å². The first-order valence-corrected chi connectivity index (χ1v) is 23.5. The van der Waals surface area contributed by atoms with Crippen LogP contribution in [0.1, 0.15) is 174 Å². The minimum atomic E-state index is 0.199. The Morgan fingerprint density at radius 2 is 0.719 bits per heavy atom. The number of hydrogen-bond donors (Lipinski definition) is 0. The maximum Gasteiger partial charge on any atom is 0.252 e. The van der Waals surface area contributed by atoms with Crippen LogP contribution in [0.2, 0.25) is 0 Å². The molecule has 0 aromatic heterocycles. The average molecular weight is 749 g/mol. The van der Waals surface area contributed by atoms with E-state index in [9.17, 15) is 0 Å². The van der Waals surface area contributed by atoms with E-state index in [1.54, 1.807) is 16.7 Å². The summed E-state index contributed by atoms with van der Waals surface area (Å²) in [6.07, 6.45) is 27.0. The third-order valence-electron chi connectivity index (χ3n) is 15.6. The van der Waals surface area contributed by atoms with Gasteiger partial charge >= 0.3 is 0 Å². The zero-order chi connectivity index (χ0) is 37.7. The lowest BCUT2D eigenvalue weighted by Gasteiger charge is -2.45. The Morgan fingerprint density at radius 1 is 0.333 bits per heavy atom. The number of nitrogens with zero attached hydrogens (tertiary/aromatic N) is 2. The average Bonchev–Trinajstić information content (AvgIpc) is 3.30. The Bertz CT molecular complexity index is 2200. The molecule has 2 aliphatic heterocycles. The van der Waals surface area contributed by atoms with Crippen LogP contribution in [0.4, 0.5) is 34.1 Å². The van der Waals surface area contributed by atoms with Gasteiger partial charge in [0.15, 0.2) is 0 Å². The molecule has 2 heterocycles. The molecule has 4 aliphatic carbocycles. The molecule has 57 heavy (non-hydrogen) atoms. The quantitative estimate of drug-likeness (QED) is 0.156. The highest BCUT2D eigenvalue weighted by atomic mass is 15.2. The highest BCUT2D eigenvalue weighted by Gasteiger charge is 2.44. The predicted octanol–water partition coefficient (Wildman–Crippen LogP) is 14.0. The summed E-state index contributed by atoms with van der Waals surface area (Å²) in [7, 11) is 0. The van der Waals surface area contributed by atoms with Gasteiger partial charge in [0, 0.05) is 34.1 Å². The lowest BCUT2D eigenvalue weighted by molar-refractivity contribution is 0.443. The summed E-state index contributed by atoms with van der Waals surface area (Å²) in [4.78, 5) is 5.38. The van der Waals surface area contributed by atoms with E-state index >= 15 is 0 Å². The molecule has 5 aromatic carbocycles. The van der Waals surface area contributed by atoms with Crippen LogP contribution < -0.4 is 26.2 Å². The van der Waals surface area contributed by atoms with Crippen LogP contribution in [0.3, 0.4) is 0 Å². The van der Waals surface area contributed by atoms with Crippen molar-refractivity contribution in [3.05, 3.63) is 125 Å². The fraction of sp³-hybridized carbons (Fsp3) is 0.444. The number of benzene rings is 5. The van der Waals surface area contributed by atoms with Crippen LogP contribution in [0, 0.1) is 0 Å². The molecule has 11 rings (SSSR count). The van der Waals surface area contributed by atoms with E-state index in [2.05, 4.69) is 113 Å². The van der Waals surface area contributed by atoms with Crippen molar-refractivity contribution in [2.45, 2.75) is 152 Å². The maximum atomic E-state index is 2.71. The topological polar surface area (TPSA) is 6.48 Å². The van der Waals surface area contributed by atoms with Crippen LogP contribution in [0.5, 0.6) is 0 Å². The molecular formula is C54H61BN2. The first-order valence-electron chi connectivity index (χ1n) is 23.5. The van der Waals surface area contributed by atoms with E-state index in [1.807, 2.05) is 0 Å². The predicted molar refractivity (Wildman–Crippen MR) is 244 cm³/mol. The molecular weight excluding hydrogens is 687 g/mol. The molecule has 0 N–H and O–H groups in total. The van der Waals surface area contributed by atoms with E-state index in [-0.39, 0.29) is 6.71 Å². The fourth-order valence-electron chi connectivity index (χ4n) is 12.6. The molecule has 0 bridgehead atoms. The summed E-state index contributed by atoms with van der Waals surface area (Å²) in [5.74, 6) is 2.65. The number of rotatable bonds is 6. The lowest BCUT2D eigenvalue weighted by atomic mass is 9.33. The second-order valence-electron chi connectivity index (χ2n) is 19.0. The molecule has 0 radical (unpaired) electrons.